The molecule has 1 fully saturated rings. The van der Waals surface area contributed by atoms with Crippen molar-refractivity contribution in [2.75, 3.05) is 11.9 Å². The number of allylic oxidation sites excluding steroid dienone is 2. The van der Waals surface area contributed by atoms with Crippen LogP contribution in [0, 0.1) is 23.7 Å². The normalized spacial score (nSPS) is 26.0. The quantitative estimate of drug-likeness (QED) is 0.515. The average molecular weight is 357 g/mol. The molecule has 5 nitrogen and oxygen atoms in total. The van der Waals surface area contributed by atoms with Crippen molar-refractivity contribution in [3.63, 3.8) is 0 Å². The Morgan fingerprint density at radius 1 is 1.15 bits per heavy atom. The molecule has 1 aromatic carbocycles. The van der Waals surface area contributed by atoms with Gasteiger partial charge in [-0.15, -0.1) is 0 Å². The highest BCUT2D eigenvalue weighted by molar-refractivity contribution is 5.96. The Hall–Kier alpha value is -2.30. The first-order valence-electron chi connectivity index (χ1n) is 9.55. The molecule has 5 heteroatoms. The number of carbonyl (C=O) groups is 2. The van der Waals surface area contributed by atoms with Crippen molar-refractivity contribution >= 4 is 17.6 Å². The summed E-state index contributed by atoms with van der Waals surface area (Å²) in [7, 11) is 0. The van der Waals surface area contributed by atoms with Gasteiger partial charge in [-0.2, -0.15) is 0 Å². The van der Waals surface area contributed by atoms with Crippen LogP contribution in [-0.4, -0.2) is 23.6 Å². The molecule has 3 rings (SSSR count). The molecule has 1 aromatic rings. The number of carboxylic acid groups (broad SMARTS) is 1. The summed E-state index contributed by atoms with van der Waals surface area (Å²) in [6, 6.07) is 7.32. The molecule has 2 aliphatic carbocycles. The topological polar surface area (TPSA) is 75.6 Å². The molecule has 0 radical (unpaired) electrons. The summed E-state index contributed by atoms with van der Waals surface area (Å²) in [5.74, 6) is -1.49. The number of hydrogen-bond acceptors (Lipinski definition) is 3. The summed E-state index contributed by atoms with van der Waals surface area (Å²) in [6.07, 6.45) is 9.27. The first-order chi connectivity index (χ1) is 12.6. The number of fused-ring (bicyclic) bond motifs is 2. The molecular weight excluding hydrogens is 330 g/mol. The number of ether oxygens (including phenoxy) is 1. The third-order valence-electron chi connectivity index (χ3n) is 5.42. The van der Waals surface area contributed by atoms with Crippen molar-refractivity contribution in [3.05, 3.63) is 36.4 Å². The SMILES string of the molecule is CCCCCCOc1cccc(NC(=O)C2C3C=CC(C3)C2C(=O)O)c1. The van der Waals surface area contributed by atoms with Gasteiger partial charge in [0.2, 0.25) is 5.91 Å². The molecule has 2 N–H and O–H groups in total. The zero-order chi connectivity index (χ0) is 18.5. The number of rotatable bonds is 9. The molecular formula is C21H27NO4. The third kappa shape index (κ3) is 4.09. The molecule has 0 aromatic heterocycles. The fourth-order valence-electron chi connectivity index (χ4n) is 4.12. The van der Waals surface area contributed by atoms with Crippen LogP contribution in [0.4, 0.5) is 5.69 Å². The summed E-state index contributed by atoms with van der Waals surface area (Å²) >= 11 is 0. The number of unbranched alkanes of at least 4 members (excludes halogenated alkanes) is 3. The van der Waals surface area contributed by atoms with Gasteiger partial charge in [0.15, 0.2) is 0 Å². The van der Waals surface area contributed by atoms with Crippen LogP contribution in [0.1, 0.15) is 39.0 Å². The van der Waals surface area contributed by atoms with Gasteiger partial charge in [0.1, 0.15) is 5.75 Å². The van der Waals surface area contributed by atoms with Gasteiger partial charge in [0, 0.05) is 11.8 Å². The highest BCUT2D eigenvalue weighted by atomic mass is 16.5. The standard InChI is InChI=1S/C21H27NO4/c1-2-3-4-5-11-26-17-8-6-7-16(13-17)22-20(23)18-14-9-10-15(12-14)19(18)21(24)25/h6-10,13-15,18-19H,2-5,11-12H2,1H3,(H,22,23)(H,24,25). The molecule has 0 saturated heterocycles. The zero-order valence-electron chi connectivity index (χ0n) is 15.2. The Balaban J connectivity index is 1.58. The number of hydrogen-bond donors (Lipinski definition) is 2. The second-order valence-electron chi connectivity index (χ2n) is 7.26. The second-order valence-corrected chi connectivity index (χ2v) is 7.26. The van der Waals surface area contributed by atoms with Gasteiger partial charge in [-0.3, -0.25) is 9.59 Å². The van der Waals surface area contributed by atoms with Crippen LogP contribution in [0.3, 0.4) is 0 Å². The van der Waals surface area contributed by atoms with E-state index >= 15 is 0 Å². The lowest BCUT2D eigenvalue weighted by Crippen LogP contribution is -2.36. The molecule has 0 heterocycles. The molecule has 1 saturated carbocycles. The molecule has 4 unspecified atom stereocenters. The van der Waals surface area contributed by atoms with Crippen LogP contribution >= 0.6 is 0 Å². The van der Waals surface area contributed by atoms with E-state index < -0.39 is 17.8 Å². The van der Waals surface area contributed by atoms with Crippen LogP contribution in [0.25, 0.3) is 0 Å². The van der Waals surface area contributed by atoms with E-state index in [4.69, 9.17) is 4.74 Å². The van der Waals surface area contributed by atoms with Gasteiger partial charge >= 0.3 is 5.97 Å². The van der Waals surface area contributed by atoms with Gasteiger partial charge < -0.3 is 15.2 Å². The molecule has 140 valence electrons. The van der Waals surface area contributed by atoms with Crippen molar-refractivity contribution in [1.82, 2.24) is 0 Å². The monoisotopic (exact) mass is 357 g/mol. The molecule has 2 aliphatic rings. The van der Waals surface area contributed by atoms with Crippen molar-refractivity contribution in [2.45, 2.75) is 39.0 Å². The number of carbonyl (C=O) groups excluding carboxylic acids is 1. The van der Waals surface area contributed by atoms with E-state index in [1.54, 1.807) is 12.1 Å². The van der Waals surface area contributed by atoms with E-state index in [9.17, 15) is 14.7 Å². The van der Waals surface area contributed by atoms with E-state index in [2.05, 4.69) is 12.2 Å². The lowest BCUT2D eigenvalue weighted by atomic mass is 9.82. The Labute approximate surface area is 154 Å². The van der Waals surface area contributed by atoms with Gasteiger partial charge in [0.05, 0.1) is 18.4 Å². The minimum Gasteiger partial charge on any atom is -0.494 e. The fourth-order valence-corrected chi connectivity index (χ4v) is 4.12. The van der Waals surface area contributed by atoms with Crippen LogP contribution in [0.2, 0.25) is 0 Å². The number of carboxylic acids is 1. The predicted molar refractivity (Wildman–Crippen MR) is 100 cm³/mol. The van der Waals surface area contributed by atoms with Crippen molar-refractivity contribution < 1.29 is 19.4 Å². The van der Waals surface area contributed by atoms with Crippen LogP contribution in [-0.2, 0) is 9.59 Å². The summed E-state index contributed by atoms with van der Waals surface area (Å²) in [5, 5.41) is 12.4. The van der Waals surface area contributed by atoms with Gasteiger partial charge in [-0.1, -0.05) is 44.4 Å². The van der Waals surface area contributed by atoms with Crippen LogP contribution < -0.4 is 10.1 Å². The first kappa shape index (κ1) is 18.5. The minimum atomic E-state index is -0.883. The van der Waals surface area contributed by atoms with Crippen LogP contribution in [0.15, 0.2) is 36.4 Å². The minimum absolute atomic E-state index is 0.0222. The fraction of sp³-hybridized carbons (Fsp3) is 0.524. The number of nitrogens with one attached hydrogen (secondary N) is 1. The van der Waals surface area contributed by atoms with Crippen molar-refractivity contribution in [3.8, 4) is 5.75 Å². The first-order valence-corrected chi connectivity index (χ1v) is 9.55. The number of anilines is 1. The Morgan fingerprint density at radius 2 is 1.92 bits per heavy atom. The maximum Gasteiger partial charge on any atom is 0.307 e. The zero-order valence-corrected chi connectivity index (χ0v) is 15.2. The summed E-state index contributed by atoms with van der Waals surface area (Å²) in [4.78, 5) is 24.3. The van der Waals surface area contributed by atoms with E-state index in [0.29, 0.717) is 12.3 Å². The number of benzene rings is 1. The highest BCUT2D eigenvalue weighted by Gasteiger charge is 2.51. The molecule has 4 atom stereocenters. The van der Waals surface area contributed by atoms with E-state index in [-0.39, 0.29) is 17.7 Å². The lowest BCUT2D eigenvalue weighted by Gasteiger charge is -2.24. The smallest absolute Gasteiger partial charge is 0.307 e. The third-order valence-corrected chi connectivity index (χ3v) is 5.42. The largest absolute Gasteiger partial charge is 0.494 e. The average Bonchev–Trinajstić information content (AvgIpc) is 3.23. The van der Waals surface area contributed by atoms with Crippen LogP contribution in [0.5, 0.6) is 5.75 Å². The Kier molecular flexibility index (Phi) is 5.96. The molecule has 26 heavy (non-hydrogen) atoms. The maximum absolute atomic E-state index is 12.7. The Bertz CT molecular complexity index is 684. The second kappa shape index (κ2) is 8.39. The number of amides is 1. The van der Waals surface area contributed by atoms with Gasteiger partial charge in [-0.05, 0) is 36.8 Å². The number of aliphatic carboxylic acids is 1. The highest BCUT2D eigenvalue weighted by Crippen LogP contribution is 2.48. The molecule has 1 amide bonds. The van der Waals surface area contributed by atoms with Gasteiger partial charge in [-0.25, -0.2) is 0 Å². The van der Waals surface area contributed by atoms with E-state index in [1.165, 1.54) is 12.8 Å². The van der Waals surface area contributed by atoms with Crippen molar-refractivity contribution in [2.24, 2.45) is 23.7 Å². The lowest BCUT2D eigenvalue weighted by molar-refractivity contribution is -0.146. The Morgan fingerprint density at radius 3 is 2.65 bits per heavy atom. The molecule has 0 spiro atoms. The van der Waals surface area contributed by atoms with E-state index in [0.717, 1.165) is 25.0 Å². The predicted octanol–water partition coefficient (Wildman–Crippen LogP) is 4.11. The summed E-state index contributed by atoms with van der Waals surface area (Å²) < 4.78 is 5.75. The van der Waals surface area contributed by atoms with E-state index in [1.807, 2.05) is 24.3 Å². The molecule has 2 bridgehead atoms. The van der Waals surface area contributed by atoms with Crippen molar-refractivity contribution in [1.29, 1.82) is 0 Å². The summed E-state index contributed by atoms with van der Waals surface area (Å²) in [6.45, 7) is 2.84. The molecule has 0 aliphatic heterocycles. The van der Waals surface area contributed by atoms with Gasteiger partial charge in [0.25, 0.3) is 0 Å². The maximum atomic E-state index is 12.7. The summed E-state index contributed by atoms with van der Waals surface area (Å²) in [5.41, 5.74) is 0.650.